The van der Waals surface area contributed by atoms with Crippen molar-refractivity contribution in [3.63, 3.8) is 0 Å². The van der Waals surface area contributed by atoms with Gasteiger partial charge in [-0.2, -0.15) is 0 Å². The van der Waals surface area contributed by atoms with Gasteiger partial charge in [-0.1, -0.05) is 42.1 Å². The van der Waals surface area contributed by atoms with Crippen molar-refractivity contribution < 1.29 is 10.5 Å². The average molecular weight is 453 g/mol. The number of nitrogens with one attached hydrogen (secondary N) is 1. The maximum absolute atomic E-state index is 6.22. The van der Waals surface area contributed by atoms with Crippen molar-refractivity contribution in [1.82, 2.24) is 15.0 Å². The first kappa shape index (κ1) is 20.6. The Kier molecular flexibility index (Phi) is 5.34. The van der Waals surface area contributed by atoms with E-state index in [0.29, 0.717) is 6.61 Å². The van der Waals surface area contributed by atoms with Crippen LogP contribution in [0.3, 0.4) is 0 Å². The molecule has 0 saturated carbocycles. The Balaban J connectivity index is 1.85. The summed E-state index contributed by atoms with van der Waals surface area (Å²) in [6, 6.07) is 10.4. The van der Waals surface area contributed by atoms with Crippen LogP contribution in [0.15, 0.2) is 35.5 Å². The first-order valence-corrected chi connectivity index (χ1v) is 12.5. The zero-order valence-electron chi connectivity index (χ0n) is 18.0. The Morgan fingerprint density at radius 3 is 2.71 bits per heavy atom. The summed E-state index contributed by atoms with van der Waals surface area (Å²) in [4.78, 5) is 15.8. The second-order valence-corrected chi connectivity index (χ2v) is 10.1. The molecule has 1 aromatic carbocycles. The number of hydrogen-bond acceptors (Lipinski definition) is 7. The number of pyridine rings is 1. The minimum Gasteiger partial charge on any atom is -0.370 e. The summed E-state index contributed by atoms with van der Waals surface area (Å²) in [6.07, 6.45) is 2.84. The normalized spacial score (nSPS) is 15.4. The van der Waals surface area contributed by atoms with Crippen LogP contribution < -0.4 is 11.1 Å². The van der Waals surface area contributed by atoms with Gasteiger partial charge in [0.2, 0.25) is 0 Å². The molecule has 5 rings (SSSR count). The molecule has 0 unspecified atom stereocenters. The molecule has 1 aliphatic rings. The van der Waals surface area contributed by atoms with Crippen LogP contribution in [-0.4, -0.2) is 39.9 Å². The largest absolute Gasteiger partial charge is 0.370 e. The smallest absolute Gasteiger partial charge is 0.189 e. The molecule has 0 atom stereocenters. The zero-order chi connectivity index (χ0) is 21.6. The molecule has 6 nitrogen and oxygen atoms in total. The van der Waals surface area contributed by atoms with Gasteiger partial charge >= 0.3 is 0 Å². The molecule has 31 heavy (non-hydrogen) atoms. The molecule has 0 saturated heterocycles. The van der Waals surface area contributed by atoms with Gasteiger partial charge in [0.1, 0.15) is 10.6 Å². The SMILES string of the molecule is CSc1nc(NCC[NH3+])c2sc3nc(-c4ccccc4)c4c(c3c2n1)CC(C)(C)OC4. The van der Waals surface area contributed by atoms with Crippen LogP contribution in [0.5, 0.6) is 0 Å². The fourth-order valence-corrected chi connectivity index (χ4v) is 5.58. The van der Waals surface area contributed by atoms with E-state index in [4.69, 9.17) is 19.7 Å². The summed E-state index contributed by atoms with van der Waals surface area (Å²) >= 11 is 3.23. The average Bonchev–Trinajstić information content (AvgIpc) is 3.15. The predicted molar refractivity (Wildman–Crippen MR) is 129 cm³/mol. The number of quaternary nitrogens is 1. The second kappa shape index (κ2) is 8.02. The molecule has 3 aromatic heterocycles. The van der Waals surface area contributed by atoms with E-state index in [-0.39, 0.29) is 5.60 Å². The molecule has 0 amide bonds. The number of thiophene rings is 1. The first-order chi connectivity index (χ1) is 15.0. The number of benzene rings is 1. The maximum Gasteiger partial charge on any atom is 0.189 e. The molecule has 0 fully saturated rings. The van der Waals surface area contributed by atoms with Crippen LogP contribution in [0.25, 0.3) is 31.7 Å². The minimum atomic E-state index is -0.228. The zero-order valence-corrected chi connectivity index (χ0v) is 19.6. The number of hydrogen-bond donors (Lipinski definition) is 2. The number of aromatic nitrogens is 3. The number of fused-ring (bicyclic) bond motifs is 5. The van der Waals surface area contributed by atoms with Crippen molar-refractivity contribution in [2.75, 3.05) is 24.7 Å². The Hall–Kier alpha value is -2.26. The highest BCUT2D eigenvalue weighted by Crippen LogP contribution is 2.44. The number of ether oxygens (including phenoxy) is 1. The van der Waals surface area contributed by atoms with E-state index in [9.17, 15) is 0 Å². The molecule has 0 spiro atoms. The van der Waals surface area contributed by atoms with Gasteiger partial charge in [0, 0.05) is 22.9 Å². The fraction of sp³-hybridized carbons (Fsp3) is 0.348. The van der Waals surface area contributed by atoms with Crippen molar-refractivity contribution in [3.8, 4) is 11.3 Å². The molecule has 0 aliphatic carbocycles. The summed E-state index contributed by atoms with van der Waals surface area (Å²) < 4.78 is 7.28. The van der Waals surface area contributed by atoms with E-state index < -0.39 is 0 Å². The first-order valence-electron chi connectivity index (χ1n) is 10.4. The Labute approximate surface area is 189 Å². The molecule has 4 aromatic rings. The standard InChI is InChI=1S/C23H25N5OS2/c1-23(2)11-14-15(12-29-23)17(13-7-5-4-6-8-13)26-21-16(14)18-19(31-21)20(25-10-9-24)28-22(27-18)30-3/h4-8H,9-12,24H2,1-3H3,(H,25,27,28)/p+1. The van der Waals surface area contributed by atoms with Gasteiger partial charge in [0.05, 0.1) is 41.2 Å². The molecular formula is C23H26N5OS2+. The van der Waals surface area contributed by atoms with Crippen molar-refractivity contribution in [1.29, 1.82) is 0 Å². The number of rotatable bonds is 5. The summed E-state index contributed by atoms with van der Waals surface area (Å²) in [5, 5.41) is 5.37. The lowest BCUT2D eigenvalue weighted by atomic mass is 9.88. The predicted octanol–water partition coefficient (Wildman–Crippen LogP) is 4.13. The highest BCUT2D eigenvalue weighted by atomic mass is 32.2. The van der Waals surface area contributed by atoms with Crippen molar-refractivity contribution in [2.45, 2.75) is 37.6 Å². The van der Waals surface area contributed by atoms with Gasteiger partial charge in [-0.05, 0) is 25.7 Å². The van der Waals surface area contributed by atoms with Gasteiger partial charge in [0.15, 0.2) is 5.16 Å². The molecule has 4 N–H and O–H groups in total. The lowest BCUT2D eigenvalue weighted by molar-refractivity contribution is -0.362. The van der Waals surface area contributed by atoms with Crippen molar-refractivity contribution >= 4 is 49.3 Å². The van der Waals surface area contributed by atoms with E-state index in [1.165, 1.54) is 11.1 Å². The van der Waals surface area contributed by atoms with Crippen LogP contribution >= 0.6 is 23.1 Å². The number of anilines is 1. The van der Waals surface area contributed by atoms with Gasteiger partial charge in [-0.3, -0.25) is 0 Å². The molecule has 8 heteroatoms. The Morgan fingerprint density at radius 2 is 1.97 bits per heavy atom. The van der Waals surface area contributed by atoms with E-state index in [2.05, 4.69) is 49.2 Å². The van der Waals surface area contributed by atoms with Gasteiger partial charge in [0.25, 0.3) is 0 Å². The molecule has 0 bridgehead atoms. The minimum absolute atomic E-state index is 0.228. The van der Waals surface area contributed by atoms with Crippen molar-refractivity contribution in [2.24, 2.45) is 0 Å². The second-order valence-electron chi connectivity index (χ2n) is 8.31. The van der Waals surface area contributed by atoms with Crippen LogP contribution in [0.2, 0.25) is 0 Å². The van der Waals surface area contributed by atoms with Crippen LogP contribution in [0.1, 0.15) is 25.0 Å². The van der Waals surface area contributed by atoms with Gasteiger partial charge < -0.3 is 15.8 Å². The topological polar surface area (TPSA) is 87.6 Å². The third-order valence-electron chi connectivity index (χ3n) is 5.57. The molecule has 4 heterocycles. The van der Waals surface area contributed by atoms with Gasteiger partial charge in [-0.25, -0.2) is 15.0 Å². The fourth-order valence-electron chi connectivity index (χ4n) is 4.11. The molecule has 1 aliphatic heterocycles. The van der Waals surface area contributed by atoms with E-state index >= 15 is 0 Å². The van der Waals surface area contributed by atoms with Gasteiger partial charge in [-0.15, -0.1) is 11.3 Å². The highest BCUT2D eigenvalue weighted by molar-refractivity contribution is 7.98. The number of thioether (sulfide) groups is 1. The monoisotopic (exact) mass is 452 g/mol. The van der Waals surface area contributed by atoms with Crippen LogP contribution in [0, 0.1) is 0 Å². The molecule has 0 radical (unpaired) electrons. The summed E-state index contributed by atoms with van der Waals surface area (Å²) in [6.45, 7) is 6.43. The van der Waals surface area contributed by atoms with E-state index in [0.717, 1.165) is 62.2 Å². The Bertz CT molecular complexity index is 1270. The van der Waals surface area contributed by atoms with Crippen molar-refractivity contribution in [3.05, 3.63) is 41.5 Å². The highest BCUT2D eigenvalue weighted by Gasteiger charge is 2.32. The van der Waals surface area contributed by atoms with Crippen LogP contribution in [-0.2, 0) is 17.8 Å². The third kappa shape index (κ3) is 3.67. The molecule has 160 valence electrons. The lowest BCUT2D eigenvalue weighted by Crippen LogP contribution is -2.53. The number of nitrogens with zero attached hydrogens (tertiary/aromatic N) is 3. The molecular weight excluding hydrogens is 426 g/mol. The Morgan fingerprint density at radius 1 is 1.16 bits per heavy atom. The van der Waals surface area contributed by atoms with Crippen LogP contribution in [0.4, 0.5) is 5.82 Å². The quantitative estimate of drug-likeness (QED) is 0.350. The van der Waals surface area contributed by atoms with E-state index in [1.807, 2.05) is 12.3 Å². The summed E-state index contributed by atoms with van der Waals surface area (Å²) in [7, 11) is 0. The third-order valence-corrected chi connectivity index (χ3v) is 7.20. The maximum atomic E-state index is 6.22. The summed E-state index contributed by atoms with van der Waals surface area (Å²) in [5.74, 6) is 0.877. The summed E-state index contributed by atoms with van der Waals surface area (Å²) in [5.41, 5.74) is 9.32. The van der Waals surface area contributed by atoms with E-state index in [1.54, 1.807) is 23.1 Å². The lowest BCUT2D eigenvalue weighted by Gasteiger charge is -2.33.